The Labute approximate surface area is 96.8 Å². The number of ether oxygens (including phenoxy) is 1. The summed E-state index contributed by atoms with van der Waals surface area (Å²) in [5.74, 6) is -0.360. The summed E-state index contributed by atoms with van der Waals surface area (Å²) in [4.78, 5) is 11.2. The van der Waals surface area contributed by atoms with Crippen molar-refractivity contribution in [2.75, 3.05) is 7.11 Å². The number of esters is 1. The molecule has 0 amide bonds. The lowest BCUT2D eigenvalue weighted by Gasteiger charge is -2.04. The number of methoxy groups -OCH3 is 1. The number of carbonyl (C=O) groups is 1. The van der Waals surface area contributed by atoms with Gasteiger partial charge in [0.1, 0.15) is 0 Å². The van der Waals surface area contributed by atoms with Crippen LogP contribution in [0.25, 0.3) is 0 Å². The molecule has 0 saturated carbocycles. The van der Waals surface area contributed by atoms with E-state index in [1.807, 2.05) is 0 Å². The second-order valence-electron chi connectivity index (χ2n) is 2.96. The van der Waals surface area contributed by atoms with Crippen molar-refractivity contribution in [3.63, 3.8) is 0 Å². The Bertz CT molecular complexity index is 410. The van der Waals surface area contributed by atoms with E-state index < -0.39 is 0 Å². The third-order valence-corrected chi connectivity index (χ3v) is 2.75. The summed E-state index contributed by atoms with van der Waals surface area (Å²) in [6.45, 7) is 0. The minimum Gasteiger partial charge on any atom is -0.465 e. The second-order valence-corrected chi connectivity index (χ2v) is 3.81. The Morgan fingerprint density at radius 2 is 2.33 bits per heavy atom. The molecule has 1 rings (SSSR count). The SMILES string of the molecule is COC(=O)c1ccc(Br)c(CCC#N)c1. The van der Waals surface area contributed by atoms with Gasteiger partial charge in [0.25, 0.3) is 0 Å². The number of nitrogens with zero attached hydrogens (tertiary/aromatic N) is 1. The van der Waals surface area contributed by atoms with Crippen LogP contribution in [0.15, 0.2) is 22.7 Å². The van der Waals surface area contributed by atoms with Crippen LogP contribution >= 0.6 is 15.9 Å². The van der Waals surface area contributed by atoms with Crippen LogP contribution in [-0.2, 0) is 11.2 Å². The first-order chi connectivity index (χ1) is 7.19. The highest BCUT2D eigenvalue weighted by molar-refractivity contribution is 9.10. The molecule has 3 nitrogen and oxygen atoms in total. The number of carbonyl (C=O) groups excluding carboxylic acids is 1. The Morgan fingerprint density at radius 1 is 1.60 bits per heavy atom. The number of aryl methyl sites for hydroxylation is 1. The van der Waals surface area contributed by atoms with Crippen LogP contribution < -0.4 is 0 Å². The van der Waals surface area contributed by atoms with Crippen LogP contribution in [0.3, 0.4) is 0 Å². The molecule has 0 aliphatic heterocycles. The van der Waals surface area contributed by atoms with E-state index in [9.17, 15) is 4.79 Å². The number of benzene rings is 1. The third-order valence-electron chi connectivity index (χ3n) is 1.97. The van der Waals surface area contributed by atoms with E-state index in [0.29, 0.717) is 18.4 Å². The van der Waals surface area contributed by atoms with E-state index in [1.165, 1.54) is 7.11 Å². The molecule has 0 bridgehead atoms. The van der Waals surface area contributed by atoms with Crippen molar-refractivity contribution in [1.82, 2.24) is 0 Å². The first kappa shape index (κ1) is 11.7. The normalized spacial score (nSPS) is 9.40. The molecular weight excluding hydrogens is 258 g/mol. The number of hydrogen-bond acceptors (Lipinski definition) is 3. The van der Waals surface area contributed by atoms with E-state index in [-0.39, 0.29) is 5.97 Å². The summed E-state index contributed by atoms with van der Waals surface area (Å²) in [5, 5.41) is 8.49. The zero-order valence-electron chi connectivity index (χ0n) is 8.29. The van der Waals surface area contributed by atoms with Crippen LogP contribution in [0.1, 0.15) is 22.3 Å². The van der Waals surface area contributed by atoms with Crippen LogP contribution in [0.5, 0.6) is 0 Å². The number of hydrogen-bond donors (Lipinski definition) is 0. The average Bonchev–Trinajstić information content (AvgIpc) is 2.27. The summed E-state index contributed by atoms with van der Waals surface area (Å²) in [7, 11) is 1.35. The maximum atomic E-state index is 11.2. The Kier molecular flexibility index (Phi) is 4.32. The van der Waals surface area contributed by atoms with Crippen LogP contribution in [0.4, 0.5) is 0 Å². The lowest BCUT2D eigenvalue weighted by molar-refractivity contribution is 0.0600. The maximum absolute atomic E-state index is 11.2. The molecule has 0 N–H and O–H groups in total. The molecule has 0 aliphatic rings. The highest BCUT2D eigenvalue weighted by Crippen LogP contribution is 2.20. The van der Waals surface area contributed by atoms with Gasteiger partial charge in [-0.15, -0.1) is 0 Å². The smallest absolute Gasteiger partial charge is 0.337 e. The molecule has 1 aromatic carbocycles. The lowest BCUT2D eigenvalue weighted by Crippen LogP contribution is -2.02. The van der Waals surface area contributed by atoms with Gasteiger partial charge in [-0.3, -0.25) is 0 Å². The molecule has 1 aromatic rings. The van der Waals surface area contributed by atoms with Crippen molar-refractivity contribution < 1.29 is 9.53 Å². The van der Waals surface area contributed by atoms with Gasteiger partial charge >= 0.3 is 5.97 Å². The second kappa shape index (κ2) is 5.52. The molecule has 15 heavy (non-hydrogen) atoms. The van der Waals surface area contributed by atoms with Gasteiger partial charge in [-0.2, -0.15) is 5.26 Å². The molecular formula is C11H10BrNO2. The van der Waals surface area contributed by atoms with Gasteiger partial charge in [0.2, 0.25) is 0 Å². The van der Waals surface area contributed by atoms with E-state index in [1.54, 1.807) is 18.2 Å². The van der Waals surface area contributed by atoms with Gasteiger partial charge in [-0.25, -0.2) is 4.79 Å². The minimum atomic E-state index is -0.360. The van der Waals surface area contributed by atoms with Gasteiger partial charge in [0.15, 0.2) is 0 Å². The van der Waals surface area contributed by atoms with Crippen LogP contribution in [-0.4, -0.2) is 13.1 Å². The monoisotopic (exact) mass is 267 g/mol. The fourth-order valence-electron chi connectivity index (χ4n) is 1.20. The molecule has 0 saturated heterocycles. The topological polar surface area (TPSA) is 50.1 Å². The number of nitriles is 1. The Morgan fingerprint density at radius 3 is 2.93 bits per heavy atom. The quantitative estimate of drug-likeness (QED) is 0.792. The molecule has 0 aliphatic carbocycles. The maximum Gasteiger partial charge on any atom is 0.337 e. The summed E-state index contributed by atoms with van der Waals surface area (Å²) in [5.41, 5.74) is 1.45. The van der Waals surface area contributed by atoms with Crippen molar-refractivity contribution in [2.45, 2.75) is 12.8 Å². The van der Waals surface area contributed by atoms with E-state index in [0.717, 1.165) is 10.0 Å². The molecule has 0 fully saturated rings. The average molecular weight is 268 g/mol. The van der Waals surface area contributed by atoms with Crippen LogP contribution in [0, 0.1) is 11.3 Å². The van der Waals surface area contributed by atoms with Crippen molar-refractivity contribution in [1.29, 1.82) is 5.26 Å². The van der Waals surface area contributed by atoms with E-state index >= 15 is 0 Å². The highest BCUT2D eigenvalue weighted by Gasteiger charge is 2.08. The zero-order valence-corrected chi connectivity index (χ0v) is 9.87. The van der Waals surface area contributed by atoms with Gasteiger partial charge in [-0.1, -0.05) is 15.9 Å². The standard InChI is InChI=1S/C11H10BrNO2/c1-15-11(14)9-4-5-10(12)8(7-9)3-2-6-13/h4-5,7H,2-3H2,1H3. The summed E-state index contributed by atoms with van der Waals surface area (Å²) < 4.78 is 5.52. The Balaban J connectivity index is 2.95. The van der Waals surface area contributed by atoms with Gasteiger partial charge in [0, 0.05) is 10.9 Å². The number of halogens is 1. The van der Waals surface area contributed by atoms with Crippen molar-refractivity contribution in [3.05, 3.63) is 33.8 Å². The molecule has 78 valence electrons. The van der Waals surface area contributed by atoms with E-state index in [2.05, 4.69) is 26.7 Å². The fraction of sp³-hybridized carbons (Fsp3) is 0.273. The molecule has 0 atom stereocenters. The minimum absolute atomic E-state index is 0.360. The molecule has 0 heterocycles. The predicted molar refractivity (Wildman–Crippen MR) is 59.4 cm³/mol. The van der Waals surface area contributed by atoms with Gasteiger partial charge in [-0.05, 0) is 30.2 Å². The molecule has 0 unspecified atom stereocenters. The summed E-state index contributed by atoms with van der Waals surface area (Å²) in [6.07, 6.45) is 1.06. The molecule has 4 heteroatoms. The van der Waals surface area contributed by atoms with Crippen molar-refractivity contribution in [3.8, 4) is 6.07 Å². The molecule has 0 radical (unpaired) electrons. The van der Waals surface area contributed by atoms with Crippen molar-refractivity contribution in [2.24, 2.45) is 0 Å². The van der Waals surface area contributed by atoms with Gasteiger partial charge in [0.05, 0.1) is 18.7 Å². The predicted octanol–water partition coefficient (Wildman–Crippen LogP) is 2.69. The number of rotatable bonds is 3. The fourth-order valence-corrected chi connectivity index (χ4v) is 1.65. The zero-order chi connectivity index (χ0) is 11.3. The third kappa shape index (κ3) is 3.07. The summed E-state index contributed by atoms with van der Waals surface area (Å²) >= 11 is 3.37. The molecule has 0 aromatic heterocycles. The van der Waals surface area contributed by atoms with Gasteiger partial charge < -0.3 is 4.74 Å². The first-order valence-electron chi connectivity index (χ1n) is 4.42. The lowest BCUT2D eigenvalue weighted by atomic mass is 10.1. The Hall–Kier alpha value is -1.34. The molecule has 0 spiro atoms. The largest absolute Gasteiger partial charge is 0.465 e. The first-order valence-corrected chi connectivity index (χ1v) is 5.22. The summed E-state index contributed by atoms with van der Waals surface area (Å²) in [6, 6.07) is 7.29. The van der Waals surface area contributed by atoms with Crippen molar-refractivity contribution >= 4 is 21.9 Å². The van der Waals surface area contributed by atoms with Crippen LogP contribution in [0.2, 0.25) is 0 Å². The van der Waals surface area contributed by atoms with E-state index in [4.69, 9.17) is 5.26 Å². The highest BCUT2D eigenvalue weighted by atomic mass is 79.9.